The van der Waals surface area contributed by atoms with E-state index in [0.717, 1.165) is 41.4 Å². The molecular formula is C29H49N. The minimum absolute atomic E-state index is 0.413. The Hall–Kier alpha value is -0.560. The molecule has 0 spiro atoms. The van der Waals surface area contributed by atoms with Crippen molar-refractivity contribution in [3.05, 3.63) is 23.8 Å². The summed E-state index contributed by atoms with van der Waals surface area (Å²) >= 11 is 0. The molecule has 0 amide bonds. The molecule has 0 aliphatic heterocycles. The molecule has 1 unspecified atom stereocenters. The quantitative estimate of drug-likeness (QED) is 0.459. The zero-order valence-corrected chi connectivity index (χ0v) is 20.8. The molecule has 4 aliphatic carbocycles. The second-order valence-corrected chi connectivity index (χ2v) is 12.6. The van der Waals surface area contributed by atoms with Crippen molar-refractivity contribution in [2.24, 2.45) is 58.0 Å². The highest BCUT2D eigenvalue weighted by Crippen LogP contribution is 2.67. The lowest BCUT2D eigenvalue weighted by Crippen LogP contribution is -2.51. The molecule has 0 bridgehead atoms. The zero-order chi connectivity index (χ0) is 21.7. The number of nitrogens with two attached hydrogens (primary N) is 1. The summed E-state index contributed by atoms with van der Waals surface area (Å²) in [5, 5.41) is 0. The third-order valence-electron chi connectivity index (χ3n) is 10.8. The molecule has 2 N–H and O–H groups in total. The fourth-order valence-electron chi connectivity index (χ4n) is 8.88. The van der Waals surface area contributed by atoms with Gasteiger partial charge in [0, 0.05) is 6.04 Å². The molecular weight excluding hydrogens is 362 g/mol. The van der Waals surface area contributed by atoms with Crippen LogP contribution in [0.3, 0.4) is 0 Å². The van der Waals surface area contributed by atoms with Crippen molar-refractivity contribution in [1.29, 1.82) is 0 Å². The maximum atomic E-state index is 6.36. The van der Waals surface area contributed by atoms with E-state index in [9.17, 15) is 0 Å². The van der Waals surface area contributed by atoms with Gasteiger partial charge < -0.3 is 5.73 Å². The van der Waals surface area contributed by atoms with Gasteiger partial charge in [0.15, 0.2) is 0 Å². The lowest BCUT2D eigenvalue weighted by Gasteiger charge is -2.58. The van der Waals surface area contributed by atoms with E-state index in [0.29, 0.717) is 16.9 Å². The molecule has 9 atom stereocenters. The molecule has 1 nitrogen and oxygen atoms in total. The van der Waals surface area contributed by atoms with E-state index < -0.39 is 0 Å². The number of hydrogen-bond acceptors (Lipinski definition) is 1. The minimum atomic E-state index is 0.413. The summed E-state index contributed by atoms with van der Waals surface area (Å²) in [5.41, 5.74) is 9.10. The first-order valence-corrected chi connectivity index (χ1v) is 13.3. The molecule has 4 aliphatic rings. The van der Waals surface area contributed by atoms with Gasteiger partial charge in [0.2, 0.25) is 0 Å². The van der Waals surface area contributed by atoms with Crippen LogP contribution in [0.25, 0.3) is 0 Å². The first-order chi connectivity index (χ1) is 14.2. The van der Waals surface area contributed by atoms with Crippen LogP contribution in [0, 0.1) is 52.3 Å². The molecule has 30 heavy (non-hydrogen) atoms. The van der Waals surface area contributed by atoms with Crippen LogP contribution >= 0.6 is 0 Å². The maximum absolute atomic E-state index is 6.36. The fourth-order valence-corrected chi connectivity index (χ4v) is 8.88. The van der Waals surface area contributed by atoms with Crippen molar-refractivity contribution in [2.45, 2.75) is 105 Å². The van der Waals surface area contributed by atoms with Crippen LogP contribution in [0.2, 0.25) is 0 Å². The molecule has 0 heterocycles. The average molecular weight is 412 g/mol. The van der Waals surface area contributed by atoms with Gasteiger partial charge in [0.05, 0.1) is 0 Å². The molecule has 0 aromatic rings. The Morgan fingerprint density at radius 2 is 1.80 bits per heavy atom. The SMILES string of the molecule is CC[C@H](C=C[C@@H](C)[C@H]1CC[C@H]2[C@@H]3CC=C4CC(N)CC[C@]4(C)[C@H]3CC[C@]12C)C(C)C. The summed E-state index contributed by atoms with van der Waals surface area (Å²) in [4.78, 5) is 0. The van der Waals surface area contributed by atoms with Crippen LogP contribution in [-0.2, 0) is 0 Å². The van der Waals surface area contributed by atoms with Crippen LogP contribution in [-0.4, -0.2) is 6.04 Å². The van der Waals surface area contributed by atoms with Crippen molar-refractivity contribution in [2.75, 3.05) is 0 Å². The lowest BCUT2D eigenvalue weighted by molar-refractivity contribution is -0.0471. The van der Waals surface area contributed by atoms with E-state index >= 15 is 0 Å². The number of allylic oxidation sites excluding steroid dienone is 3. The third-order valence-corrected chi connectivity index (χ3v) is 10.8. The van der Waals surface area contributed by atoms with Gasteiger partial charge in [-0.25, -0.2) is 0 Å². The predicted octanol–water partition coefficient (Wildman–Crippen LogP) is 7.77. The Morgan fingerprint density at radius 3 is 2.50 bits per heavy atom. The molecule has 0 aromatic carbocycles. The van der Waals surface area contributed by atoms with E-state index in [1.807, 2.05) is 0 Å². The van der Waals surface area contributed by atoms with E-state index in [2.05, 4.69) is 59.8 Å². The van der Waals surface area contributed by atoms with Crippen LogP contribution < -0.4 is 5.73 Å². The Labute approximate surface area is 187 Å². The summed E-state index contributed by atoms with van der Waals surface area (Å²) in [6, 6.07) is 0.413. The van der Waals surface area contributed by atoms with Gasteiger partial charge in [-0.3, -0.25) is 0 Å². The summed E-state index contributed by atoms with van der Waals surface area (Å²) in [5.74, 6) is 5.88. The van der Waals surface area contributed by atoms with Crippen LogP contribution in [0.1, 0.15) is 99.3 Å². The van der Waals surface area contributed by atoms with Gasteiger partial charge in [0.25, 0.3) is 0 Å². The summed E-state index contributed by atoms with van der Waals surface area (Å²) in [7, 11) is 0. The maximum Gasteiger partial charge on any atom is 0.00766 e. The average Bonchev–Trinajstić information content (AvgIpc) is 3.06. The molecule has 170 valence electrons. The largest absolute Gasteiger partial charge is 0.327 e. The Morgan fingerprint density at radius 1 is 1.03 bits per heavy atom. The molecule has 0 saturated heterocycles. The zero-order valence-electron chi connectivity index (χ0n) is 20.8. The van der Waals surface area contributed by atoms with Gasteiger partial charge in [-0.2, -0.15) is 0 Å². The van der Waals surface area contributed by atoms with E-state index in [1.165, 1.54) is 57.8 Å². The normalized spacial score (nSPS) is 45.6. The fraction of sp³-hybridized carbons (Fsp3) is 0.862. The number of rotatable bonds is 5. The van der Waals surface area contributed by atoms with Gasteiger partial charge in [-0.1, -0.05) is 65.3 Å². The summed E-state index contributed by atoms with van der Waals surface area (Å²) in [6.45, 7) is 14.9. The molecule has 0 radical (unpaired) electrons. The lowest BCUT2D eigenvalue weighted by atomic mass is 9.47. The van der Waals surface area contributed by atoms with Gasteiger partial charge in [-0.05, 0) is 110 Å². The monoisotopic (exact) mass is 411 g/mol. The van der Waals surface area contributed by atoms with Gasteiger partial charge >= 0.3 is 0 Å². The summed E-state index contributed by atoms with van der Waals surface area (Å²) in [6.07, 6.45) is 20.0. The van der Waals surface area contributed by atoms with Crippen molar-refractivity contribution in [1.82, 2.24) is 0 Å². The molecule has 4 rings (SSSR count). The van der Waals surface area contributed by atoms with Crippen LogP contribution in [0.4, 0.5) is 0 Å². The Kier molecular flexibility index (Phi) is 6.35. The highest BCUT2D eigenvalue weighted by molar-refractivity contribution is 5.26. The molecule has 0 aromatic heterocycles. The van der Waals surface area contributed by atoms with Crippen LogP contribution in [0.15, 0.2) is 23.8 Å². The Balaban J connectivity index is 1.52. The predicted molar refractivity (Wildman–Crippen MR) is 130 cm³/mol. The third kappa shape index (κ3) is 3.66. The molecule has 3 saturated carbocycles. The van der Waals surface area contributed by atoms with Crippen LogP contribution in [0.5, 0.6) is 0 Å². The van der Waals surface area contributed by atoms with Crippen molar-refractivity contribution in [3.8, 4) is 0 Å². The number of hydrogen-bond donors (Lipinski definition) is 1. The second-order valence-electron chi connectivity index (χ2n) is 12.6. The second kappa shape index (κ2) is 8.42. The van der Waals surface area contributed by atoms with Gasteiger partial charge in [0.1, 0.15) is 0 Å². The summed E-state index contributed by atoms with van der Waals surface area (Å²) < 4.78 is 0. The van der Waals surface area contributed by atoms with E-state index in [-0.39, 0.29) is 0 Å². The first kappa shape index (κ1) is 22.6. The van der Waals surface area contributed by atoms with Gasteiger partial charge in [-0.15, -0.1) is 0 Å². The number of fused-ring (bicyclic) bond motifs is 5. The standard InChI is InChI=1S/C29H49N/c1-7-21(19(2)3)9-8-20(4)25-12-13-26-24-11-10-22-18-23(30)14-16-28(22,5)27(24)15-17-29(25,26)6/h8-10,19-21,23-27H,7,11-18,30H2,1-6H3/t20-,21-,23?,24+,25-,26+,27+,28+,29-/m1/s1. The topological polar surface area (TPSA) is 26.0 Å². The Bertz CT molecular complexity index is 674. The first-order valence-electron chi connectivity index (χ1n) is 13.3. The van der Waals surface area contributed by atoms with Crippen molar-refractivity contribution < 1.29 is 0 Å². The molecule has 3 fully saturated rings. The molecule has 1 heteroatoms. The smallest absolute Gasteiger partial charge is 0.00766 e. The highest BCUT2D eigenvalue weighted by atomic mass is 14.7. The minimum Gasteiger partial charge on any atom is -0.327 e. The van der Waals surface area contributed by atoms with E-state index in [1.54, 1.807) is 5.57 Å². The van der Waals surface area contributed by atoms with E-state index in [4.69, 9.17) is 5.73 Å². The van der Waals surface area contributed by atoms with Crippen molar-refractivity contribution >= 4 is 0 Å². The highest BCUT2D eigenvalue weighted by Gasteiger charge is 2.58. The van der Waals surface area contributed by atoms with Crippen molar-refractivity contribution in [3.63, 3.8) is 0 Å².